The first-order chi connectivity index (χ1) is 11.1. The maximum absolute atomic E-state index is 12.5. The molecular weight excluding hydrogens is 290 g/mol. The molecule has 0 spiro atoms. The van der Waals surface area contributed by atoms with Crippen LogP contribution in [0.1, 0.15) is 24.6 Å². The summed E-state index contributed by atoms with van der Waals surface area (Å²) in [5.41, 5.74) is 2.85. The molecule has 1 aliphatic rings. The van der Waals surface area contributed by atoms with Crippen molar-refractivity contribution in [2.24, 2.45) is 0 Å². The summed E-state index contributed by atoms with van der Waals surface area (Å²) in [5, 5.41) is 2.74. The predicted octanol–water partition coefficient (Wildman–Crippen LogP) is 2.07. The van der Waals surface area contributed by atoms with Gasteiger partial charge in [0, 0.05) is 17.9 Å². The molecule has 0 radical (unpaired) electrons. The van der Waals surface area contributed by atoms with Crippen molar-refractivity contribution in [1.29, 1.82) is 0 Å². The van der Waals surface area contributed by atoms with Crippen molar-refractivity contribution in [3.05, 3.63) is 59.9 Å². The summed E-state index contributed by atoms with van der Waals surface area (Å²) < 4.78 is 0. The highest BCUT2D eigenvalue weighted by molar-refractivity contribution is 6.06. The van der Waals surface area contributed by atoms with E-state index in [9.17, 15) is 9.59 Å². The second-order valence-corrected chi connectivity index (χ2v) is 5.72. The standard InChI is InChI=1S/C18H19N3O2/c1-13-10-14-6-2-3-8-16(14)21(13)18(23)11-17(22)20-12-15-7-4-5-9-19-15/h2-9,13H,10-12H2,1H3,(H,20,22). The van der Waals surface area contributed by atoms with E-state index >= 15 is 0 Å². The van der Waals surface area contributed by atoms with E-state index in [0.29, 0.717) is 6.54 Å². The van der Waals surface area contributed by atoms with Gasteiger partial charge in [0.2, 0.25) is 11.8 Å². The Labute approximate surface area is 135 Å². The topological polar surface area (TPSA) is 62.3 Å². The molecule has 2 aromatic rings. The molecule has 2 heterocycles. The number of nitrogens with one attached hydrogen (secondary N) is 1. The molecule has 3 rings (SSSR count). The lowest BCUT2D eigenvalue weighted by molar-refractivity contribution is -0.128. The average molecular weight is 309 g/mol. The molecule has 5 nitrogen and oxygen atoms in total. The third kappa shape index (κ3) is 3.39. The van der Waals surface area contributed by atoms with Gasteiger partial charge in [0.05, 0.1) is 12.2 Å². The highest BCUT2D eigenvalue weighted by Gasteiger charge is 2.31. The molecule has 2 amide bonds. The van der Waals surface area contributed by atoms with E-state index in [4.69, 9.17) is 0 Å². The summed E-state index contributed by atoms with van der Waals surface area (Å²) in [5.74, 6) is -0.446. The monoisotopic (exact) mass is 309 g/mol. The fourth-order valence-corrected chi connectivity index (χ4v) is 2.92. The normalized spacial score (nSPS) is 16.0. The van der Waals surface area contributed by atoms with Crippen molar-refractivity contribution < 1.29 is 9.59 Å². The molecule has 1 aromatic carbocycles. The summed E-state index contributed by atoms with van der Waals surface area (Å²) in [6.45, 7) is 2.34. The Balaban J connectivity index is 1.60. The number of carbonyl (C=O) groups excluding carboxylic acids is 2. The van der Waals surface area contributed by atoms with Crippen LogP contribution in [0.4, 0.5) is 5.69 Å². The van der Waals surface area contributed by atoms with Crippen LogP contribution >= 0.6 is 0 Å². The minimum atomic E-state index is -0.280. The van der Waals surface area contributed by atoms with E-state index in [1.165, 1.54) is 0 Å². The summed E-state index contributed by atoms with van der Waals surface area (Å²) in [6.07, 6.45) is 2.36. The average Bonchev–Trinajstić information content (AvgIpc) is 2.89. The van der Waals surface area contributed by atoms with Gasteiger partial charge in [-0.1, -0.05) is 24.3 Å². The highest BCUT2D eigenvalue weighted by Crippen LogP contribution is 2.32. The number of pyridine rings is 1. The van der Waals surface area contributed by atoms with Crippen molar-refractivity contribution in [3.63, 3.8) is 0 Å². The van der Waals surface area contributed by atoms with Crippen LogP contribution in [-0.4, -0.2) is 22.8 Å². The largest absolute Gasteiger partial charge is 0.350 e. The summed E-state index contributed by atoms with van der Waals surface area (Å²) in [4.78, 5) is 30.4. The van der Waals surface area contributed by atoms with Crippen LogP contribution in [0.15, 0.2) is 48.7 Å². The first-order valence-corrected chi connectivity index (χ1v) is 7.71. The third-order valence-corrected chi connectivity index (χ3v) is 3.98. The lowest BCUT2D eigenvalue weighted by atomic mass is 10.1. The molecule has 0 fully saturated rings. The Bertz CT molecular complexity index is 715. The van der Waals surface area contributed by atoms with Gasteiger partial charge in [0.15, 0.2) is 0 Å². The number of anilines is 1. The fraction of sp³-hybridized carbons (Fsp3) is 0.278. The number of amides is 2. The Morgan fingerprint density at radius 1 is 1.22 bits per heavy atom. The van der Waals surface area contributed by atoms with Gasteiger partial charge < -0.3 is 10.2 Å². The number of benzene rings is 1. The number of hydrogen-bond donors (Lipinski definition) is 1. The number of para-hydroxylation sites is 1. The maximum Gasteiger partial charge on any atom is 0.236 e. The van der Waals surface area contributed by atoms with Crippen LogP contribution in [0.5, 0.6) is 0 Å². The molecule has 1 N–H and O–H groups in total. The van der Waals surface area contributed by atoms with E-state index in [-0.39, 0.29) is 24.3 Å². The quantitative estimate of drug-likeness (QED) is 0.879. The van der Waals surface area contributed by atoms with Crippen molar-refractivity contribution in [1.82, 2.24) is 10.3 Å². The minimum absolute atomic E-state index is 0.0866. The molecule has 5 heteroatoms. The number of hydrogen-bond acceptors (Lipinski definition) is 3. The zero-order chi connectivity index (χ0) is 16.2. The van der Waals surface area contributed by atoms with Gasteiger partial charge in [0.1, 0.15) is 6.42 Å². The number of aromatic nitrogens is 1. The lowest BCUT2D eigenvalue weighted by Crippen LogP contribution is -2.39. The van der Waals surface area contributed by atoms with Crippen LogP contribution in [0.2, 0.25) is 0 Å². The van der Waals surface area contributed by atoms with E-state index in [1.54, 1.807) is 11.1 Å². The van der Waals surface area contributed by atoms with Crippen LogP contribution in [0.3, 0.4) is 0 Å². The Morgan fingerprint density at radius 3 is 2.78 bits per heavy atom. The zero-order valence-corrected chi connectivity index (χ0v) is 13.0. The molecule has 0 saturated heterocycles. The number of rotatable bonds is 4. The van der Waals surface area contributed by atoms with Crippen LogP contribution in [-0.2, 0) is 22.6 Å². The third-order valence-electron chi connectivity index (χ3n) is 3.98. The molecule has 0 saturated carbocycles. The molecule has 1 atom stereocenters. The zero-order valence-electron chi connectivity index (χ0n) is 13.0. The van der Waals surface area contributed by atoms with E-state index in [1.807, 2.05) is 49.4 Å². The van der Waals surface area contributed by atoms with E-state index in [0.717, 1.165) is 23.4 Å². The first kappa shape index (κ1) is 15.2. The van der Waals surface area contributed by atoms with Crippen molar-refractivity contribution in [2.75, 3.05) is 4.90 Å². The predicted molar refractivity (Wildman–Crippen MR) is 87.8 cm³/mol. The number of nitrogens with zero attached hydrogens (tertiary/aromatic N) is 2. The Hall–Kier alpha value is -2.69. The van der Waals surface area contributed by atoms with Gasteiger partial charge in [0.25, 0.3) is 0 Å². The SMILES string of the molecule is CC1Cc2ccccc2N1C(=O)CC(=O)NCc1ccccn1. The van der Waals surface area contributed by atoms with Gasteiger partial charge in [-0.25, -0.2) is 0 Å². The van der Waals surface area contributed by atoms with Gasteiger partial charge in [-0.3, -0.25) is 14.6 Å². The van der Waals surface area contributed by atoms with Gasteiger partial charge in [-0.2, -0.15) is 0 Å². The lowest BCUT2D eigenvalue weighted by Gasteiger charge is -2.22. The van der Waals surface area contributed by atoms with E-state index in [2.05, 4.69) is 10.3 Å². The van der Waals surface area contributed by atoms with Crippen LogP contribution in [0.25, 0.3) is 0 Å². The van der Waals surface area contributed by atoms with Crippen molar-refractivity contribution in [2.45, 2.75) is 32.4 Å². The van der Waals surface area contributed by atoms with Crippen LogP contribution < -0.4 is 10.2 Å². The maximum atomic E-state index is 12.5. The van der Waals surface area contributed by atoms with Gasteiger partial charge in [-0.05, 0) is 37.1 Å². The molecule has 1 aromatic heterocycles. The Morgan fingerprint density at radius 2 is 2.00 bits per heavy atom. The summed E-state index contributed by atoms with van der Waals surface area (Å²) in [6, 6.07) is 13.5. The van der Waals surface area contributed by atoms with E-state index < -0.39 is 0 Å². The smallest absolute Gasteiger partial charge is 0.236 e. The molecule has 0 aliphatic carbocycles. The van der Waals surface area contributed by atoms with Crippen molar-refractivity contribution >= 4 is 17.5 Å². The molecule has 23 heavy (non-hydrogen) atoms. The van der Waals surface area contributed by atoms with Gasteiger partial charge in [-0.15, -0.1) is 0 Å². The highest BCUT2D eigenvalue weighted by atomic mass is 16.2. The minimum Gasteiger partial charge on any atom is -0.350 e. The molecule has 0 bridgehead atoms. The van der Waals surface area contributed by atoms with Crippen molar-refractivity contribution in [3.8, 4) is 0 Å². The molecule has 1 unspecified atom stereocenters. The molecule has 1 aliphatic heterocycles. The second kappa shape index (κ2) is 6.60. The number of fused-ring (bicyclic) bond motifs is 1. The Kier molecular flexibility index (Phi) is 4.37. The summed E-state index contributed by atoms with van der Waals surface area (Å²) in [7, 11) is 0. The summed E-state index contributed by atoms with van der Waals surface area (Å²) >= 11 is 0. The first-order valence-electron chi connectivity index (χ1n) is 7.71. The number of carbonyl (C=O) groups is 2. The van der Waals surface area contributed by atoms with Gasteiger partial charge >= 0.3 is 0 Å². The van der Waals surface area contributed by atoms with Crippen LogP contribution in [0, 0.1) is 0 Å². The molecular formula is C18H19N3O2. The second-order valence-electron chi connectivity index (χ2n) is 5.72. The molecule has 118 valence electrons. The fourth-order valence-electron chi connectivity index (χ4n) is 2.92.